The number of amides is 1. The van der Waals surface area contributed by atoms with Crippen molar-refractivity contribution in [1.29, 1.82) is 0 Å². The average Bonchev–Trinajstić information content (AvgIpc) is 2.37. The lowest BCUT2D eigenvalue weighted by atomic mass is 10.4. The van der Waals surface area contributed by atoms with Crippen molar-refractivity contribution in [3.8, 4) is 0 Å². The molecule has 0 fully saturated rings. The van der Waals surface area contributed by atoms with Gasteiger partial charge >= 0.3 is 7.60 Å². The molecule has 0 aliphatic heterocycles. The van der Waals surface area contributed by atoms with E-state index in [9.17, 15) is 9.36 Å². The van der Waals surface area contributed by atoms with Crippen molar-refractivity contribution in [2.75, 3.05) is 25.8 Å². The van der Waals surface area contributed by atoms with Gasteiger partial charge in [0, 0.05) is 19.6 Å². The number of carbonyl (C=O) groups is 1. The average molecular weight is 297 g/mol. The molecule has 0 aromatic carbocycles. The van der Waals surface area contributed by atoms with Crippen LogP contribution in [0.1, 0.15) is 20.3 Å². The minimum Gasteiger partial charge on any atom is -0.328 e. The summed E-state index contributed by atoms with van der Waals surface area (Å²) in [6.07, 6.45) is -0.190. The maximum Gasteiger partial charge on any atom is 0.331 e. The molecule has 2 unspecified atom stereocenters. The molecular weight excluding hydrogens is 273 g/mol. The second-order valence-corrected chi connectivity index (χ2v) is 6.35. The van der Waals surface area contributed by atoms with Crippen LogP contribution in [0.3, 0.4) is 0 Å². The molecule has 0 aliphatic rings. The molecule has 0 spiro atoms. The van der Waals surface area contributed by atoms with E-state index in [0.29, 0.717) is 5.06 Å². The monoisotopic (exact) mass is 297 g/mol. The Morgan fingerprint density at radius 1 is 1.26 bits per heavy atom. The van der Waals surface area contributed by atoms with E-state index in [1.165, 1.54) is 0 Å². The van der Waals surface area contributed by atoms with E-state index in [1.807, 2.05) is 0 Å². The predicted octanol–water partition coefficient (Wildman–Crippen LogP) is 0.145. The number of carbonyl (C=O) groups excluding carboxylic acids is 1. The Hall–Kier alpha value is -0.500. The zero-order valence-corrected chi connectivity index (χ0v) is 12.3. The molecule has 5 N–H and O–H groups in total. The summed E-state index contributed by atoms with van der Waals surface area (Å²) in [7, 11) is -3.35. The van der Waals surface area contributed by atoms with E-state index in [-0.39, 0.29) is 38.6 Å². The summed E-state index contributed by atoms with van der Waals surface area (Å²) >= 11 is 0. The maximum atomic E-state index is 12.5. The van der Waals surface area contributed by atoms with Gasteiger partial charge in [0.2, 0.25) is 6.41 Å². The van der Waals surface area contributed by atoms with Crippen LogP contribution in [-0.2, 0) is 18.4 Å². The van der Waals surface area contributed by atoms with Gasteiger partial charge in [0.15, 0.2) is 0 Å². The zero-order valence-electron chi connectivity index (χ0n) is 11.4. The number of hydrogen-bond donors (Lipinski definition) is 3. The van der Waals surface area contributed by atoms with Crippen LogP contribution in [-0.4, -0.2) is 54.7 Å². The van der Waals surface area contributed by atoms with Gasteiger partial charge in [-0.2, -0.15) is 0 Å². The van der Waals surface area contributed by atoms with Crippen molar-refractivity contribution >= 4 is 14.0 Å². The highest BCUT2D eigenvalue weighted by Gasteiger charge is 2.28. The molecule has 0 aromatic heterocycles. The first-order valence-electron chi connectivity index (χ1n) is 6.13. The molecule has 0 heterocycles. The van der Waals surface area contributed by atoms with E-state index in [1.54, 1.807) is 13.8 Å². The number of rotatable bonds is 11. The minimum absolute atomic E-state index is 0.0498. The van der Waals surface area contributed by atoms with Gasteiger partial charge in [-0.25, -0.2) is 5.06 Å². The van der Waals surface area contributed by atoms with Crippen LogP contribution in [0.5, 0.6) is 0 Å². The second kappa shape index (κ2) is 9.41. The molecule has 0 radical (unpaired) electrons. The molecule has 1 amide bonds. The van der Waals surface area contributed by atoms with Crippen molar-refractivity contribution < 1.29 is 23.6 Å². The molecule has 8 nitrogen and oxygen atoms in total. The normalized spacial score (nSPS) is 17.5. The maximum absolute atomic E-state index is 12.5. The standard InChI is InChI=1S/C10H24N3O5P/c1-9(6-11)17-19(16,18-10(2)7-12)5-3-4-13(15)8-14/h8-10,15H,3-7,11-12H2,1-2H3. The molecule has 0 bridgehead atoms. The molecule has 0 aromatic rings. The smallest absolute Gasteiger partial charge is 0.328 e. The summed E-state index contributed by atoms with van der Waals surface area (Å²) in [4.78, 5) is 10.2. The van der Waals surface area contributed by atoms with Crippen LogP contribution in [0.4, 0.5) is 0 Å². The Morgan fingerprint density at radius 2 is 1.74 bits per heavy atom. The Morgan fingerprint density at radius 3 is 2.11 bits per heavy atom. The van der Waals surface area contributed by atoms with Crippen LogP contribution >= 0.6 is 7.60 Å². The van der Waals surface area contributed by atoms with Crippen LogP contribution in [0.15, 0.2) is 0 Å². The molecule has 0 rings (SSSR count). The highest BCUT2D eigenvalue weighted by atomic mass is 31.2. The van der Waals surface area contributed by atoms with Crippen molar-refractivity contribution in [3.05, 3.63) is 0 Å². The van der Waals surface area contributed by atoms with Gasteiger partial charge in [0.05, 0.1) is 18.4 Å². The fraction of sp³-hybridized carbons (Fsp3) is 0.900. The van der Waals surface area contributed by atoms with E-state index in [0.717, 1.165) is 0 Å². The van der Waals surface area contributed by atoms with Gasteiger partial charge in [-0.1, -0.05) is 0 Å². The summed E-state index contributed by atoms with van der Waals surface area (Å²) in [5.41, 5.74) is 10.8. The van der Waals surface area contributed by atoms with Gasteiger partial charge < -0.3 is 20.5 Å². The van der Waals surface area contributed by atoms with E-state index < -0.39 is 19.8 Å². The van der Waals surface area contributed by atoms with E-state index in [4.69, 9.17) is 25.7 Å². The third-order valence-corrected chi connectivity index (χ3v) is 4.51. The van der Waals surface area contributed by atoms with Crippen LogP contribution in [0, 0.1) is 0 Å². The Balaban J connectivity index is 4.48. The molecule has 0 saturated carbocycles. The summed E-state index contributed by atoms with van der Waals surface area (Å²) in [6.45, 7) is 3.85. The number of hydrogen-bond acceptors (Lipinski definition) is 7. The highest BCUT2D eigenvalue weighted by molar-refractivity contribution is 7.53. The van der Waals surface area contributed by atoms with Crippen molar-refractivity contribution in [3.63, 3.8) is 0 Å². The minimum atomic E-state index is -3.35. The molecule has 9 heteroatoms. The van der Waals surface area contributed by atoms with Crippen LogP contribution in [0.25, 0.3) is 0 Å². The predicted molar refractivity (Wildman–Crippen MR) is 70.8 cm³/mol. The van der Waals surface area contributed by atoms with Gasteiger partial charge in [0.25, 0.3) is 0 Å². The Labute approximate surface area is 113 Å². The third kappa shape index (κ3) is 8.30. The fourth-order valence-corrected chi connectivity index (χ4v) is 3.30. The largest absolute Gasteiger partial charge is 0.331 e. The van der Waals surface area contributed by atoms with Crippen molar-refractivity contribution in [2.45, 2.75) is 32.5 Å². The first kappa shape index (κ1) is 18.5. The van der Waals surface area contributed by atoms with Gasteiger partial charge in [-0.15, -0.1) is 0 Å². The highest BCUT2D eigenvalue weighted by Crippen LogP contribution is 2.50. The second-order valence-electron chi connectivity index (χ2n) is 4.26. The fourth-order valence-electron chi connectivity index (χ4n) is 1.24. The number of nitrogens with two attached hydrogens (primary N) is 2. The number of nitrogens with zero attached hydrogens (tertiary/aromatic N) is 1. The van der Waals surface area contributed by atoms with E-state index in [2.05, 4.69) is 0 Å². The lowest BCUT2D eigenvalue weighted by Gasteiger charge is -2.24. The quantitative estimate of drug-likeness (QED) is 0.214. The molecule has 0 saturated heterocycles. The summed E-state index contributed by atoms with van der Waals surface area (Å²) in [5, 5.41) is 9.44. The molecular formula is C10H24N3O5P. The molecule has 114 valence electrons. The zero-order chi connectivity index (χ0) is 14.9. The van der Waals surface area contributed by atoms with E-state index >= 15 is 0 Å². The first-order chi connectivity index (χ1) is 8.86. The SMILES string of the molecule is CC(CN)OP(=O)(CCCN(O)C=O)OC(C)CN. The lowest BCUT2D eigenvalue weighted by Crippen LogP contribution is -2.25. The summed E-state index contributed by atoms with van der Waals surface area (Å²) in [5.74, 6) is 0. The Kier molecular flexibility index (Phi) is 9.16. The Bertz CT molecular complexity index is 289. The topological polar surface area (TPSA) is 128 Å². The van der Waals surface area contributed by atoms with Crippen LogP contribution < -0.4 is 11.5 Å². The van der Waals surface area contributed by atoms with Gasteiger partial charge in [0.1, 0.15) is 0 Å². The summed E-state index contributed by atoms with van der Waals surface area (Å²) in [6, 6.07) is 0. The van der Waals surface area contributed by atoms with Crippen molar-refractivity contribution in [2.24, 2.45) is 11.5 Å². The molecule has 0 aliphatic carbocycles. The third-order valence-electron chi connectivity index (χ3n) is 2.29. The van der Waals surface area contributed by atoms with Gasteiger partial charge in [-0.3, -0.25) is 14.6 Å². The molecule has 2 atom stereocenters. The van der Waals surface area contributed by atoms with Crippen molar-refractivity contribution in [1.82, 2.24) is 5.06 Å². The first-order valence-corrected chi connectivity index (χ1v) is 7.86. The van der Waals surface area contributed by atoms with Gasteiger partial charge in [-0.05, 0) is 20.3 Å². The summed E-state index contributed by atoms with van der Waals surface area (Å²) < 4.78 is 23.2. The lowest BCUT2D eigenvalue weighted by molar-refractivity contribution is -0.149. The number of hydroxylamine groups is 2. The van der Waals surface area contributed by atoms with Crippen LogP contribution in [0.2, 0.25) is 0 Å². The molecule has 19 heavy (non-hydrogen) atoms.